The Labute approximate surface area is 129 Å². The Morgan fingerprint density at radius 2 is 2.10 bits per heavy atom. The van der Waals surface area contributed by atoms with Gasteiger partial charge in [0.15, 0.2) is 0 Å². The van der Waals surface area contributed by atoms with Gasteiger partial charge in [0.05, 0.1) is 10.5 Å². The van der Waals surface area contributed by atoms with Gasteiger partial charge in [-0.15, -0.1) is 11.3 Å². The molecule has 0 aromatic carbocycles. The quantitative estimate of drug-likeness (QED) is 0.684. The third kappa shape index (κ3) is 7.24. The van der Waals surface area contributed by atoms with Gasteiger partial charge in [-0.05, 0) is 30.7 Å². The smallest absolute Gasteiger partial charge is 0.261 e. The van der Waals surface area contributed by atoms with E-state index >= 15 is 0 Å². The van der Waals surface area contributed by atoms with Crippen LogP contribution in [0.5, 0.6) is 0 Å². The molecule has 0 radical (unpaired) electrons. The fourth-order valence-electron chi connectivity index (χ4n) is 2.11. The molecule has 0 aliphatic carbocycles. The van der Waals surface area contributed by atoms with E-state index in [1.54, 1.807) is 13.0 Å². The minimum atomic E-state index is -0.899. The van der Waals surface area contributed by atoms with Crippen molar-refractivity contribution in [3.63, 3.8) is 0 Å². The first-order valence-corrected chi connectivity index (χ1v) is 7.99. The van der Waals surface area contributed by atoms with Gasteiger partial charge < -0.3 is 15.7 Å². The number of carbonyl (C=O) groups excluding carboxylic acids is 2. The van der Waals surface area contributed by atoms with E-state index in [0.29, 0.717) is 17.2 Å². The Bertz CT molecular complexity index is 455. The molecule has 0 aliphatic rings. The maximum atomic E-state index is 11.7. The molecule has 0 aliphatic heterocycles. The number of nitrogens with one attached hydrogen (secondary N) is 2. The zero-order valence-corrected chi connectivity index (χ0v) is 13.6. The number of amides is 2. The van der Waals surface area contributed by atoms with Crippen molar-refractivity contribution in [1.82, 2.24) is 10.6 Å². The van der Waals surface area contributed by atoms with Gasteiger partial charge in [0.1, 0.15) is 0 Å². The van der Waals surface area contributed by atoms with Gasteiger partial charge >= 0.3 is 0 Å². The number of hydrogen-bond acceptors (Lipinski definition) is 4. The summed E-state index contributed by atoms with van der Waals surface area (Å²) in [5.74, 6) is 0.0251. The van der Waals surface area contributed by atoms with Crippen LogP contribution < -0.4 is 10.6 Å². The molecule has 1 rings (SSSR count). The van der Waals surface area contributed by atoms with Crippen LogP contribution in [0.2, 0.25) is 0 Å². The van der Waals surface area contributed by atoms with E-state index in [-0.39, 0.29) is 31.3 Å². The Balaban J connectivity index is 2.21. The number of thiophene rings is 1. The molecule has 0 bridgehead atoms. The molecule has 1 aromatic heterocycles. The second kappa shape index (κ2) is 8.14. The Hall–Kier alpha value is -1.40. The zero-order valence-electron chi connectivity index (χ0n) is 12.8. The summed E-state index contributed by atoms with van der Waals surface area (Å²) < 4.78 is 0. The van der Waals surface area contributed by atoms with Crippen LogP contribution in [0, 0.1) is 5.92 Å². The summed E-state index contributed by atoms with van der Waals surface area (Å²) >= 11 is 1.36. The lowest BCUT2D eigenvalue weighted by atomic mass is 9.94. The van der Waals surface area contributed by atoms with Crippen LogP contribution in [0.1, 0.15) is 43.3 Å². The Morgan fingerprint density at radius 3 is 2.67 bits per heavy atom. The number of hydrogen-bond donors (Lipinski definition) is 3. The van der Waals surface area contributed by atoms with E-state index in [9.17, 15) is 14.7 Å². The molecule has 1 atom stereocenters. The van der Waals surface area contributed by atoms with Gasteiger partial charge in [0.2, 0.25) is 5.91 Å². The fourth-order valence-corrected chi connectivity index (χ4v) is 2.75. The van der Waals surface area contributed by atoms with Crippen LogP contribution in [0.3, 0.4) is 0 Å². The van der Waals surface area contributed by atoms with Crippen molar-refractivity contribution in [2.75, 3.05) is 13.1 Å². The van der Waals surface area contributed by atoms with Crippen molar-refractivity contribution >= 4 is 23.2 Å². The van der Waals surface area contributed by atoms with Gasteiger partial charge in [0, 0.05) is 19.5 Å². The van der Waals surface area contributed by atoms with E-state index in [1.807, 2.05) is 25.3 Å². The van der Waals surface area contributed by atoms with Crippen molar-refractivity contribution in [3.05, 3.63) is 22.4 Å². The number of rotatable bonds is 8. The van der Waals surface area contributed by atoms with E-state index in [2.05, 4.69) is 10.6 Å². The van der Waals surface area contributed by atoms with E-state index in [4.69, 9.17) is 0 Å². The molecule has 5 nitrogen and oxygen atoms in total. The first-order chi connectivity index (χ1) is 9.80. The highest BCUT2D eigenvalue weighted by Gasteiger charge is 2.22. The molecule has 0 spiro atoms. The van der Waals surface area contributed by atoms with E-state index in [0.717, 1.165) is 0 Å². The first kappa shape index (κ1) is 17.7. The zero-order chi connectivity index (χ0) is 15.9. The van der Waals surface area contributed by atoms with E-state index < -0.39 is 5.60 Å². The second-order valence-corrected chi connectivity index (χ2v) is 6.80. The van der Waals surface area contributed by atoms with Crippen LogP contribution in [0.15, 0.2) is 17.5 Å². The van der Waals surface area contributed by atoms with Gasteiger partial charge in [-0.2, -0.15) is 0 Å². The fraction of sp³-hybridized carbons (Fsp3) is 0.600. The van der Waals surface area contributed by atoms with Crippen molar-refractivity contribution < 1.29 is 14.7 Å². The summed E-state index contributed by atoms with van der Waals surface area (Å²) in [5, 5.41) is 17.3. The standard InChI is InChI=1S/C15H24N2O3S/c1-11(2)9-15(3,20)10-17-13(18)6-7-16-14(19)12-5-4-8-21-12/h4-5,8,11,20H,6-7,9-10H2,1-3H3,(H,16,19)(H,17,18). The van der Waals surface area contributed by atoms with Crippen LogP contribution in [0.25, 0.3) is 0 Å². The average molecular weight is 312 g/mol. The number of aliphatic hydroxyl groups is 1. The average Bonchev–Trinajstić information content (AvgIpc) is 2.88. The van der Waals surface area contributed by atoms with Gasteiger partial charge in [-0.1, -0.05) is 19.9 Å². The summed E-state index contributed by atoms with van der Waals surface area (Å²) in [4.78, 5) is 24.0. The molecule has 1 aromatic rings. The molecule has 3 N–H and O–H groups in total. The van der Waals surface area contributed by atoms with Crippen molar-refractivity contribution in [1.29, 1.82) is 0 Å². The SMILES string of the molecule is CC(C)CC(C)(O)CNC(=O)CCNC(=O)c1cccs1. The predicted octanol–water partition coefficient (Wildman–Crippen LogP) is 1.78. The molecule has 118 valence electrons. The topological polar surface area (TPSA) is 78.4 Å². The summed E-state index contributed by atoms with van der Waals surface area (Å²) in [6.45, 7) is 6.27. The third-order valence-electron chi connectivity index (χ3n) is 2.90. The van der Waals surface area contributed by atoms with Crippen molar-refractivity contribution in [2.24, 2.45) is 5.92 Å². The minimum absolute atomic E-state index is 0.162. The highest BCUT2D eigenvalue weighted by molar-refractivity contribution is 7.12. The van der Waals surface area contributed by atoms with Crippen molar-refractivity contribution in [3.8, 4) is 0 Å². The normalized spacial score (nSPS) is 13.8. The van der Waals surface area contributed by atoms with Gasteiger partial charge in [-0.25, -0.2) is 0 Å². The molecule has 0 fully saturated rings. The molecular formula is C15H24N2O3S. The monoisotopic (exact) mass is 312 g/mol. The second-order valence-electron chi connectivity index (χ2n) is 5.85. The summed E-state index contributed by atoms with van der Waals surface area (Å²) in [5.41, 5.74) is -0.899. The molecule has 6 heteroatoms. The maximum absolute atomic E-state index is 11.7. The minimum Gasteiger partial charge on any atom is -0.388 e. The van der Waals surface area contributed by atoms with E-state index in [1.165, 1.54) is 11.3 Å². The van der Waals surface area contributed by atoms with Crippen LogP contribution in [-0.2, 0) is 4.79 Å². The molecule has 0 saturated heterocycles. The lowest BCUT2D eigenvalue weighted by Crippen LogP contribution is -2.42. The summed E-state index contributed by atoms with van der Waals surface area (Å²) in [7, 11) is 0. The highest BCUT2D eigenvalue weighted by atomic mass is 32.1. The molecule has 1 unspecified atom stereocenters. The Morgan fingerprint density at radius 1 is 1.38 bits per heavy atom. The molecule has 2 amide bonds. The van der Waals surface area contributed by atoms with Crippen molar-refractivity contribution in [2.45, 2.75) is 39.2 Å². The third-order valence-corrected chi connectivity index (χ3v) is 3.77. The number of carbonyl (C=O) groups is 2. The lowest BCUT2D eigenvalue weighted by molar-refractivity contribution is -0.122. The largest absolute Gasteiger partial charge is 0.388 e. The molecule has 1 heterocycles. The van der Waals surface area contributed by atoms with Gasteiger partial charge in [-0.3, -0.25) is 9.59 Å². The predicted molar refractivity (Wildman–Crippen MR) is 84.4 cm³/mol. The van der Waals surface area contributed by atoms with Crippen LogP contribution >= 0.6 is 11.3 Å². The maximum Gasteiger partial charge on any atom is 0.261 e. The summed E-state index contributed by atoms with van der Waals surface area (Å²) in [6.07, 6.45) is 0.831. The lowest BCUT2D eigenvalue weighted by Gasteiger charge is -2.25. The highest BCUT2D eigenvalue weighted by Crippen LogP contribution is 2.15. The molecule has 0 saturated carbocycles. The van der Waals surface area contributed by atoms with Crippen LogP contribution in [0.4, 0.5) is 0 Å². The molecular weight excluding hydrogens is 288 g/mol. The molecule has 21 heavy (non-hydrogen) atoms. The van der Waals surface area contributed by atoms with Crippen LogP contribution in [-0.4, -0.2) is 35.6 Å². The van der Waals surface area contributed by atoms with Gasteiger partial charge in [0.25, 0.3) is 5.91 Å². The first-order valence-electron chi connectivity index (χ1n) is 7.11. The Kier molecular flexibility index (Phi) is 6.84. The summed E-state index contributed by atoms with van der Waals surface area (Å²) in [6, 6.07) is 3.55.